The van der Waals surface area contributed by atoms with Gasteiger partial charge in [0.05, 0.1) is 5.56 Å². The van der Waals surface area contributed by atoms with Crippen LogP contribution in [-0.4, -0.2) is 40.0 Å². The SMILES string of the molecule is CC(=O)N1CCC(c2nc3c(C(=O)O)cccc3o2)CC1. The summed E-state index contributed by atoms with van der Waals surface area (Å²) < 4.78 is 5.72. The highest BCUT2D eigenvalue weighted by atomic mass is 16.4. The van der Waals surface area contributed by atoms with Gasteiger partial charge in [0, 0.05) is 25.9 Å². The summed E-state index contributed by atoms with van der Waals surface area (Å²) in [4.78, 5) is 28.7. The highest BCUT2D eigenvalue weighted by Gasteiger charge is 2.26. The summed E-state index contributed by atoms with van der Waals surface area (Å²) in [5, 5.41) is 9.17. The number of para-hydroxylation sites is 1. The number of aromatic carboxylic acids is 1. The van der Waals surface area contributed by atoms with E-state index in [0.29, 0.717) is 30.1 Å². The normalized spacial score (nSPS) is 16.3. The number of hydrogen-bond donors (Lipinski definition) is 1. The molecule has 0 unspecified atom stereocenters. The second-order valence-corrected chi connectivity index (χ2v) is 5.29. The fraction of sp³-hybridized carbons (Fsp3) is 0.400. The van der Waals surface area contributed by atoms with E-state index < -0.39 is 5.97 Å². The van der Waals surface area contributed by atoms with Crippen LogP contribution < -0.4 is 0 Å². The molecule has 0 bridgehead atoms. The first-order valence-corrected chi connectivity index (χ1v) is 6.94. The van der Waals surface area contributed by atoms with Crippen LogP contribution in [0.5, 0.6) is 0 Å². The molecule has 1 aromatic carbocycles. The Morgan fingerprint density at radius 2 is 2.05 bits per heavy atom. The van der Waals surface area contributed by atoms with Crippen LogP contribution in [0.1, 0.15) is 41.9 Å². The molecule has 1 saturated heterocycles. The maximum Gasteiger partial charge on any atom is 0.338 e. The number of fused-ring (bicyclic) bond motifs is 1. The van der Waals surface area contributed by atoms with Gasteiger partial charge in [-0.15, -0.1) is 0 Å². The van der Waals surface area contributed by atoms with E-state index in [9.17, 15) is 14.7 Å². The van der Waals surface area contributed by atoms with E-state index in [-0.39, 0.29) is 17.4 Å². The summed E-state index contributed by atoms with van der Waals surface area (Å²) in [5.74, 6) is -0.220. The number of benzene rings is 1. The molecule has 2 heterocycles. The monoisotopic (exact) mass is 288 g/mol. The lowest BCUT2D eigenvalue weighted by Crippen LogP contribution is -2.36. The van der Waals surface area contributed by atoms with Crippen molar-refractivity contribution in [2.75, 3.05) is 13.1 Å². The predicted octanol–water partition coefficient (Wildman–Crippen LogP) is 2.25. The van der Waals surface area contributed by atoms with E-state index in [1.165, 1.54) is 6.07 Å². The van der Waals surface area contributed by atoms with Crippen LogP contribution in [0.4, 0.5) is 0 Å². The average molecular weight is 288 g/mol. The third kappa shape index (κ3) is 2.49. The molecule has 110 valence electrons. The summed E-state index contributed by atoms with van der Waals surface area (Å²) in [6, 6.07) is 4.90. The van der Waals surface area contributed by atoms with E-state index in [1.54, 1.807) is 19.1 Å². The zero-order chi connectivity index (χ0) is 15.0. The molecular formula is C15H16N2O4. The van der Waals surface area contributed by atoms with Gasteiger partial charge in [-0.25, -0.2) is 9.78 Å². The van der Waals surface area contributed by atoms with Crippen LogP contribution in [-0.2, 0) is 4.79 Å². The van der Waals surface area contributed by atoms with Gasteiger partial charge in [0.1, 0.15) is 5.52 Å². The minimum absolute atomic E-state index is 0.0826. The van der Waals surface area contributed by atoms with Crippen molar-refractivity contribution in [1.82, 2.24) is 9.88 Å². The molecule has 0 radical (unpaired) electrons. The van der Waals surface area contributed by atoms with Crippen LogP contribution in [0, 0.1) is 0 Å². The molecule has 1 N–H and O–H groups in total. The number of likely N-dealkylation sites (tertiary alicyclic amines) is 1. The number of piperidine rings is 1. The van der Waals surface area contributed by atoms with Gasteiger partial charge in [0.2, 0.25) is 5.91 Å². The maximum atomic E-state index is 11.3. The Hall–Kier alpha value is -2.37. The molecule has 0 saturated carbocycles. The van der Waals surface area contributed by atoms with Crippen LogP contribution in [0.25, 0.3) is 11.1 Å². The molecule has 2 aromatic rings. The lowest BCUT2D eigenvalue weighted by atomic mass is 9.97. The van der Waals surface area contributed by atoms with Crippen molar-refractivity contribution in [3.05, 3.63) is 29.7 Å². The Bertz CT molecular complexity index is 699. The van der Waals surface area contributed by atoms with Crippen molar-refractivity contribution in [2.24, 2.45) is 0 Å². The van der Waals surface area contributed by atoms with Gasteiger partial charge in [0.15, 0.2) is 11.5 Å². The molecule has 0 aliphatic carbocycles. The maximum absolute atomic E-state index is 11.3. The fourth-order valence-corrected chi connectivity index (χ4v) is 2.75. The Morgan fingerprint density at radius 1 is 1.33 bits per heavy atom. The third-order valence-electron chi connectivity index (χ3n) is 3.96. The highest BCUT2D eigenvalue weighted by Crippen LogP contribution is 2.30. The quantitative estimate of drug-likeness (QED) is 0.916. The van der Waals surface area contributed by atoms with Gasteiger partial charge in [0.25, 0.3) is 0 Å². The Balaban J connectivity index is 1.87. The van der Waals surface area contributed by atoms with Crippen LogP contribution >= 0.6 is 0 Å². The van der Waals surface area contributed by atoms with Crippen molar-refractivity contribution < 1.29 is 19.1 Å². The van der Waals surface area contributed by atoms with E-state index in [0.717, 1.165) is 12.8 Å². The van der Waals surface area contributed by atoms with E-state index in [4.69, 9.17) is 4.42 Å². The number of nitrogens with zero attached hydrogens (tertiary/aromatic N) is 2. The first kappa shape index (κ1) is 13.6. The van der Waals surface area contributed by atoms with Gasteiger partial charge < -0.3 is 14.4 Å². The van der Waals surface area contributed by atoms with Crippen molar-refractivity contribution in [3.63, 3.8) is 0 Å². The minimum atomic E-state index is -1.01. The van der Waals surface area contributed by atoms with Gasteiger partial charge in [-0.1, -0.05) is 6.07 Å². The number of aromatic nitrogens is 1. The zero-order valence-electron chi connectivity index (χ0n) is 11.7. The lowest BCUT2D eigenvalue weighted by Gasteiger charge is -2.29. The molecule has 1 aliphatic heterocycles. The number of oxazole rings is 1. The number of amides is 1. The molecule has 1 aromatic heterocycles. The molecule has 3 rings (SSSR count). The van der Waals surface area contributed by atoms with Crippen LogP contribution in [0.3, 0.4) is 0 Å². The third-order valence-corrected chi connectivity index (χ3v) is 3.96. The first-order chi connectivity index (χ1) is 10.1. The fourth-order valence-electron chi connectivity index (χ4n) is 2.75. The molecule has 1 amide bonds. The van der Waals surface area contributed by atoms with Gasteiger partial charge in [-0.2, -0.15) is 0 Å². The van der Waals surface area contributed by atoms with E-state index in [1.807, 2.05) is 4.90 Å². The van der Waals surface area contributed by atoms with Crippen LogP contribution in [0.15, 0.2) is 22.6 Å². The molecule has 6 heteroatoms. The standard InChI is InChI=1S/C15H16N2O4/c1-9(18)17-7-5-10(6-8-17)14-16-13-11(15(19)20)3-2-4-12(13)21-14/h2-4,10H,5-8H2,1H3,(H,19,20). The van der Waals surface area contributed by atoms with Crippen molar-refractivity contribution >= 4 is 23.0 Å². The zero-order valence-corrected chi connectivity index (χ0v) is 11.7. The molecule has 6 nitrogen and oxygen atoms in total. The predicted molar refractivity (Wildman–Crippen MR) is 75.2 cm³/mol. The first-order valence-electron chi connectivity index (χ1n) is 6.94. The van der Waals surface area contributed by atoms with E-state index in [2.05, 4.69) is 4.98 Å². The summed E-state index contributed by atoms with van der Waals surface area (Å²) in [6.45, 7) is 2.94. The van der Waals surface area contributed by atoms with Crippen molar-refractivity contribution in [1.29, 1.82) is 0 Å². The summed E-state index contributed by atoms with van der Waals surface area (Å²) >= 11 is 0. The number of carboxylic acid groups (broad SMARTS) is 1. The summed E-state index contributed by atoms with van der Waals surface area (Å²) in [6.07, 6.45) is 1.57. The largest absolute Gasteiger partial charge is 0.478 e. The molecule has 1 fully saturated rings. The Morgan fingerprint density at radius 3 is 2.67 bits per heavy atom. The summed E-state index contributed by atoms with van der Waals surface area (Å²) in [7, 11) is 0. The second-order valence-electron chi connectivity index (χ2n) is 5.29. The topological polar surface area (TPSA) is 83.6 Å². The minimum Gasteiger partial charge on any atom is -0.478 e. The van der Waals surface area contributed by atoms with Gasteiger partial charge >= 0.3 is 5.97 Å². The smallest absolute Gasteiger partial charge is 0.338 e. The molecule has 21 heavy (non-hydrogen) atoms. The number of rotatable bonds is 2. The molecule has 1 aliphatic rings. The van der Waals surface area contributed by atoms with E-state index >= 15 is 0 Å². The Labute approximate surface area is 121 Å². The highest BCUT2D eigenvalue weighted by molar-refractivity contribution is 6.00. The number of carbonyl (C=O) groups excluding carboxylic acids is 1. The number of hydrogen-bond acceptors (Lipinski definition) is 4. The second kappa shape index (κ2) is 5.20. The number of carbonyl (C=O) groups is 2. The van der Waals surface area contributed by atoms with Gasteiger partial charge in [-0.05, 0) is 25.0 Å². The average Bonchev–Trinajstić information content (AvgIpc) is 2.90. The van der Waals surface area contributed by atoms with Crippen LogP contribution in [0.2, 0.25) is 0 Å². The van der Waals surface area contributed by atoms with Crippen molar-refractivity contribution in [3.8, 4) is 0 Å². The number of carboxylic acids is 1. The summed E-state index contributed by atoms with van der Waals surface area (Å²) in [5.41, 5.74) is 1.05. The molecule has 0 atom stereocenters. The lowest BCUT2D eigenvalue weighted by molar-refractivity contribution is -0.129. The molecular weight excluding hydrogens is 272 g/mol. The van der Waals surface area contributed by atoms with Gasteiger partial charge in [-0.3, -0.25) is 4.79 Å². The Kier molecular flexibility index (Phi) is 3.37. The van der Waals surface area contributed by atoms with Crippen molar-refractivity contribution in [2.45, 2.75) is 25.7 Å². The molecule has 0 spiro atoms.